The molecule has 2 saturated carbocycles. The molecule has 3 rings (SSSR count). The molecule has 3 fully saturated rings. The van der Waals surface area contributed by atoms with Crippen LogP contribution in [0, 0.1) is 22.7 Å². The van der Waals surface area contributed by atoms with E-state index in [1.54, 1.807) is 0 Å². The maximum atomic E-state index is 7.30. The highest BCUT2D eigenvalue weighted by Gasteiger charge is 2.60. The average Bonchev–Trinajstić information content (AvgIpc) is 2.76. The summed E-state index contributed by atoms with van der Waals surface area (Å²) in [6.07, 6.45) is 8.56. The van der Waals surface area contributed by atoms with E-state index in [1.807, 2.05) is 0 Å². The second-order valence-corrected chi connectivity index (χ2v) is 21.0. The maximum Gasteiger partial charge on any atom is 0.341 e. The van der Waals surface area contributed by atoms with E-state index < -0.39 is 28.7 Å². The lowest BCUT2D eigenvalue weighted by atomic mass is 9.71. The zero-order chi connectivity index (χ0) is 25.5. The van der Waals surface area contributed by atoms with Crippen molar-refractivity contribution in [3.63, 3.8) is 0 Å². The smallest absolute Gasteiger partial charge is 0.341 e. The van der Waals surface area contributed by atoms with E-state index in [0.717, 1.165) is 87.4 Å². The van der Waals surface area contributed by atoms with Gasteiger partial charge in [0, 0.05) is 0 Å². The Hall–Kier alpha value is 0.274. The third kappa shape index (κ3) is 6.04. The van der Waals surface area contributed by atoms with Gasteiger partial charge >= 0.3 is 17.1 Å². The van der Waals surface area contributed by atoms with Crippen molar-refractivity contribution >= 4 is 17.1 Å². The van der Waals surface area contributed by atoms with Crippen molar-refractivity contribution in [3.05, 3.63) is 0 Å². The SMILES string of the molecule is CC[Si]1(CC)OC2(CCC(C(C)(C)C)CC2)O[Si](CC)(CC)OC2(CCC(C(C)(C)C)CC2)O1. The van der Waals surface area contributed by atoms with Gasteiger partial charge < -0.3 is 17.7 Å². The van der Waals surface area contributed by atoms with E-state index in [1.165, 1.54) is 0 Å². The fourth-order valence-corrected chi connectivity index (χ4v) is 12.9. The maximum absolute atomic E-state index is 7.30. The highest BCUT2D eigenvalue weighted by atomic mass is 28.4. The van der Waals surface area contributed by atoms with Crippen LogP contribution in [0.25, 0.3) is 0 Å². The minimum absolute atomic E-state index is 0.333. The molecule has 0 bridgehead atoms. The second-order valence-electron chi connectivity index (χ2n) is 13.7. The third-order valence-electron chi connectivity index (χ3n) is 9.59. The van der Waals surface area contributed by atoms with Crippen LogP contribution in [0.4, 0.5) is 0 Å². The molecule has 2 aliphatic carbocycles. The highest BCUT2D eigenvalue weighted by Crippen LogP contribution is 2.52. The predicted molar refractivity (Wildman–Crippen MR) is 146 cm³/mol. The summed E-state index contributed by atoms with van der Waals surface area (Å²) < 4.78 is 29.2. The molecule has 0 aromatic heterocycles. The van der Waals surface area contributed by atoms with Gasteiger partial charge in [0.25, 0.3) is 0 Å². The van der Waals surface area contributed by atoms with E-state index in [2.05, 4.69) is 69.2 Å². The van der Waals surface area contributed by atoms with Crippen LogP contribution in [0.1, 0.15) is 121 Å². The third-order valence-corrected chi connectivity index (χ3v) is 16.9. The van der Waals surface area contributed by atoms with Gasteiger partial charge in [0.15, 0.2) is 11.6 Å². The number of rotatable bonds is 4. The Balaban J connectivity index is 1.94. The Morgan fingerprint density at radius 2 is 0.765 bits per heavy atom. The lowest BCUT2D eigenvalue weighted by molar-refractivity contribution is -0.255. The van der Waals surface area contributed by atoms with Gasteiger partial charge in [-0.1, -0.05) is 69.2 Å². The first-order valence-electron chi connectivity index (χ1n) is 14.5. The summed E-state index contributed by atoms with van der Waals surface area (Å²) in [5.74, 6) is 0.413. The summed E-state index contributed by atoms with van der Waals surface area (Å²) in [4.78, 5) is 0. The zero-order valence-electron chi connectivity index (χ0n) is 24.3. The Bertz CT molecular complexity index is 579. The molecule has 0 aromatic carbocycles. The van der Waals surface area contributed by atoms with Gasteiger partial charge in [0.1, 0.15) is 0 Å². The Morgan fingerprint density at radius 3 is 0.941 bits per heavy atom. The van der Waals surface area contributed by atoms with Gasteiger partial charge in [0.2, 0.25) is 0 Å². The van der Waals surface area contributed by atoms with Gasteiger partial charge in [-0.15, -0.1) is 0 Å². The second kappa shape index (κ2) is 10.2. The molecule has 200 valence electrons. The predicted octanol–water partition coefficient (Wildman–Crippen LogP) is 8.90. The minimum Gasteiger partial charge on any atom is -0.366 e. The molecular formula is C28H56O4Si2. The van der Waals surface area contributed by atoms with Crippen LogP contribution in [0.5, 0.6) is 0 Å². The highest BCUT2D eigenvalue weighted by molar-refractivity contribution is 6.69. The summed E-state index contributed by atoms with van der Waals surface area (Å²) in [5, 5.41) is 0. The lowest BCUT2D eigenvalue weighted by Crippen LogP contribution is -2.67. The summed E-state index contributed by atoms with van der Waals surface area (Å²) in [7, 11) is -4.97. The van der Waals surface area contributed by atoms with Crippen LogP contribution in [-0.2, 0) is 17.7 Å². The molecular weight excluding hydrogens is 456 g/mol. The van der Waals surface area contributed by atoms with Crippen LogP contribution in [0.2, 0.25) is 24.2 Å². The van der Waals surface area contributed by atoms with Crippen LogP contribution in [0.3, 0.4) is 0 Å². The molecule has 34 heavy (non-hydrogen) atoms. The first-order valence-corrected chi connectivity index (χ1v) is 19.0. The van der Waals surface area contributed by atoms with Crippen LogP contribution in [0.15, 0.2) is 0 Å². The molecule has 0 N–H and O–H groups in total. The molecule has 0 unspecified atom stereocenters. The average molecular weight is 513 g/mol. The molecule has 4 nitrogen and oxygen atoms in total. The molecule has 1 aliphatic heterocycles. The van der Waals surface area contributed by atoms with E-state index in [9.17, 15) is 0 Å². The summed E-state index contributed by atoms with van der Waals surface area (Å²) in [5.41, 5.74) is 0.667. The zero-order valence-corrected chi connectivity index (χ0v) is 26.3. The topological polar surface area (TPSA) is 36.9 Å². The fourth-order valence-electron chi connectivity index (χ4n) is 6.77. The van der Waals surface area contributed by atoms with E-state index in [4.69, 9.17) is 17.7 Å². The van der Waals surface area contributed by atoms with Crippen molar-refractivity contribution in [2.45, 2.75) is 156 Å². The standard InChI is InChI=1S/C28H56O4Si2/c1-11-33(12-2)29-27(19-15-23(16-20-27)25(5,6)7)31-34(13-3,14-4)32-28(30-33)21-17-24(18-22-28)26(8,9)10/h23-24H,11-22H2,1-10H3. The molecule has 2 spiro atoms. The quantitative estimate of drug-likeness (QED) is 0.352. The van der Waals surface area contributed by atoms with Crippen molar-refractivity contribution < 1.29 is 17.7 Å². The largest absolute Gasteiger partial charge is 0.366 e. The molecule has 6 heteroatoms. The number of hydrogen-bond donors (Lipinski definition) is 0. The lowest BCUT2D eigenvalue weighted by Gasteiger charge is -2.57. The summed E-state index contributed by atoms with van der Waals surface area (Å²) in [6.45, 7) is 23.4. The molecule has 3 aliphatic rings. The van der Waals surface area contributed by atoms with E-state index in [-0.39, 0.29) is 0 Å². The van der Waals surface area contributed by atoms with Crippen molar-refractivity contribution in [1.29, 1.82) is 0 Å². The van der Waals surface area contributed by atoms with Gasteiger partial charge in [-0.3, -0.25) is 0 Å². The Morgan fingerprint density at radius 1 is 0.529 bits per heavy atom. The van der Waals surface area contributed by atoms with Crippen LogP contribution < -0.4 is 0 Å². The van der Waals surface area contributed by atoms with Crippen molar-refractivity contribution in [2.75, 3.05) is 0 Å². The van der Waals surface area contributed by atoms with Gasteiger partial charge in [-0.25, -0.2) is 0 Å². The van der Waals surface area contributed by atoms with E-state index in [0.29, 0.717) is 10.8 Å². The molecule has 0 atom stereocenters. The van der Waals surface area contributed by atoms with Gasteiger partial charge in [-0.2, -0.15) is 0 Å². The molecule has 1 heterocycles. The van der Waals surface area contributed by atoms with Crippen molar-refractivity contribution in [3.8, 4) is 0 Å². The summed E-state index contributed by atoms with van der Waals surface area (Å²) in [6, 6.07) is 3.83. The first kappa shape index (κ1) is 28.8. The van der Waals surface area contributed by atoms with Crippen LogP contribution in [-0.4, -0.2) is 28.7 Å². The molecule has 0 aromatic rings. The fraction of sp³-hybridized carbons (Fsp3) is 1.00. The Kier molecular flexibility index (Phi) is 8.66. The van der Waals surface area contributed by atoms with Crippen LogP contribution >= 0.6 is 0 Å². The minimum atomic E-state index is -2.48. The van der Waals surface area contributed by atoms with Crippen molar-refractivity contribution in [1.82, 2.24) is 0 Å². The normalized spacial score (nSPS) is 36.9. The molecule has 0 radical (unpaired) electrons. The first-order chi connectivity index (χ1) is 15.7. The van der Waals surface area contributed by atoms with Crippen molar-refractivity contribution in [2.24, 2.45) is 22.7 Å². The molecule has 0 amide bonds. The summed E-state index contributed by atoms with van der Waals surface area (Å²) >= 11 is 0. The van der Waals surface area contributed by atoms with Gasteiger partial charge in [-0.05, 0) is 98.2 Å². The monoisotopic (exact) mass is 512 g/mol. The number of hydrogen-bond acceptors (Lipinski definition) is 4. The van der Waals surface area contributed by atoms with E-state index >= 15 is 0 Å². The Labute approximate surface area is 213 Å². The molecule has 1 saturated heterocycles. The van der Waals surface area contributed by atoms with Gasteiger partial charge in [0.05, 0.1) is 0 Å².